The van der Waals surface area contributed by atoms with Gasteiger partial charge in [0.1, 0.15) is 6.10 Å². The van der Waals surface area contributed by atoms with E-state index in [0.717, 1.165) is 17.0 Å². The second-order valence-corrected chi connectivity index (χ2v) is 5.25. The molecule has 1 fully saturated rings. The topological polar surface area (TPSA) is 20.2 Å². The van der Waals surface area contributed by atoms with Crippen LogP contribution in [-0.2, 0) is 0 Å². The number of hydrogen-bond acceptors (Lipinski definition) is 1. The quantitative estimate of drug-likeness (QED) is 0.858. The third kappa shape index (κ3) is 2.32. The largest absolute Gasteiger partial charge is 0.384 e. The summed E-state index contributed by atoms with van der Waals surface area (Å²) in [6.45, 7) is 2.06. The van der Waals surface area contributed by atoms with E-state index in [1.54, 1.807) is 0 Å². The highest BCUT2D eigenvalue weighted by Crippen LogP contribution is 2.40. The molecule has 2 aromatic carbocycles. The predicted molar refractivity (Wildman–Crippen MR) is 73.7 cm³/mol. The van der Waals surface area contributed by atoms with Crippen LogP contribution in [0, 0.1) is 6.92 Å². The van der Waals surface area contributed by atoms with Crippen LogP contribution in [0.25, 0.3) is 0 Å². The highest BCUT2D eigenvalue weighted by Gasteiger charge is 2.23. The summed E-state index contributed by atoms with van der Waals surface area (Å²) in [7, 11) is 0. The lowest BCUT2D eigenvalue weighted by molar-refractivity contribution is 0.220. The fourth-order valence-electron chi connectivity index (χ4n) is 2.31. The first kappa shape index (κ1) is 11.5. The van der Waals surface area contributed by atoms with Gasteiger partial charge in [0.05, 0.1) is 0 Å². The van der Waals surface area contributed by atoms with Gasteiger partial charge in [0, 0.05) is 0 Å². The van der Waals surface area contributed by atoms with Crippen LogP contribution in [-0.4, -0.2) is 5.11 Å². The number of rotatable bonds is 3. The van der Waals surface area contributed by atoms with Crippen molar-refractivity contribution in [1.82, 2.24) is 0 Å². The first-order valence-electron chi connectivity index (χ1n) is 6.58. The summed E-state index contributed by atoms with van der Waals surface area (Å²) in [6.07, 6.45) is 2.12. The maximum Gasteiger partial charge on any atom is 0.104 e. The number of benzene rings is 2. The Bertz CT molecular complexity index is 521. The zero-order valence-corrected chi connectivity index (χ0v) is 10.6. The van der Waals surface area contributed by atoms with Crippen LogP contribution in [0.2, 0.25) is 0 Å². The first-order chi connectivity index (χ1) is 8.74. The van der Waals surface area contributed by atoms with Crippen LogP contribution in [0.5, 0.6) is 0 Å². The van der Waals surface area contributed by atoms with E-state index in [2.05, 4.69) is 31.2 Å². The Morgan fingerprint density at radius 1 is 0.889 bits per heavy atom. The Hall–Kier alpha value is -1.60. The summed E-state index contributed by atoms with van der Waals surface area (Å²) in [5.74, 6) is 0.774. The summed E-state index contributed by atoms with van der Waals surface area (Å²) in [4.78, 5) is 0. The molecule has 0 bridgehead atoms. The van der Waals surface area contributed by atoms with E-state index in [4.69, 9.17) is 0 Å². The van der Waals surface area contributed by atoms with Crippen LogP contribution in [0.15, 0.2) is 48.5 Å². The molecule has 0 radical (unpaired) electrons. The highest BCUT2D eigenvalue weighted by molar-refractivity contribution is 5.34. The molecule has 1 unspecified atom stereocenters. The summed E-state index contributed by atoms with van der Waals surface area (Å²) in [6, 6.07) is 16.5. The van der Waals surface area contributed by atoms with Crippen molar-refractivity contribution in [2.24, 2.45) is 0 Å². The van der Waals surface area contributed by atoms with Gasteiger partial charge in [-0.2, -0.15) is 0 Å². The number of aliphatic hydroxyl groups is 1. The summed E-state index contributed by atoms with van der Waals surface area (Å²) in [5, 5.41) is 10.3. The molecule has 0 saturated heterocycles. The molecule has 1 N–H and O–H groups in total. The van der Waals surface area contributed by atoms with Gasteiger partial charge in [-0.05, 0) is 42.4 Å². The molecule has 18 heavy (non-hydrogen) atoms. The molecule has 0 aliphatic heterocycles. The van der Waals surface area contributed by atoms with Crippen molar-refractivity contribution in [3.63, 3.8) is 0 Å². The molecule has 1 saturated carbocycles. The fourth-order valence-corrected chi connectivity index (χ4v) is 2.31. The van der Waals surface area contributed by atoms with Gasteiger partial charge in [0.15, 0.2) is 0 Å². The molecule has 2 aromatic rings. The molecule has 3 rings (SSSR count). The molecule has 92 valence electrons. The molecule has 1 nitrogen and oxygen atoms in total. The molecule has 1 aliphatic carbocycles. The van der Waals surface area contributed by atoms with E-state index in [-0.39, 0.29) is 0 Å². The van der Waals surface area contributed by atoms with Crippen LogP contribution in [0.3, 0.4) is 0 Å². The van der Waals surface area contributed by atoms with Crippen molar-refractivity contribution in [2.75, 3.05) is 0 Å². The minimum Gasteiger partial charge on any atom is -0.384 e. The SMILES string of the molecule is Cc1ccc(C(O)c2ccc(C3CC3)cc2)cc1. The highest BCUT2D eigenvalue weighted by atomic mass is 16.3. The van der Waals surface area contributed by atoms with E-state index in [1.807, 2.05) is 24.3 Å². The fraction of sp³-hybridized carbons (Fsp3) is 0.294. The summed E-state index contributed by atoms with van der Waals surface area (Å²) < 4.78 is 0. The molecule has 1 aliphatic rings. The van der Waals surface area contributed by atoms with Crippen LogP contribution < -0.4 is 0 Å². The lowest BCUT2D eigenvalue weighted by Crippen LogP contribution is -1.99. The van der Waals surface area contributed by atoms with Gasteiger partial charge in [-0.25, -0.2) is 0 Å². The number of aryl methyl sites for hydroxylation is 1. The van der Waals surface area contributed by atoms with Gasteiger partial charge in [-0.15, -0.1) is 0 Å². The molecule has 0 aromatic heterocycles. The molecule has 0 amide bonds. The van der Waals surface area contributed by atoms with Crippen LogP contribution >= 0.6 is 0 Å². The van der Waals surface area contributed by atoms with E-state index in [0.29, 0.717) is 0 Å². The average molecular weight is 238 g/mol. The average Bonchev–Trinajstić information content (AvgIpc) is 3.23. The number of aliphatic hydroxyl groups excluding tert-OH is 1. The Kier molecular flexibility index (Phi) is 2.92. The lowest BCUT2D eigenvalue weighted by atomic mass is 9.99. The molecule has 1 atom stereocenters. The van der Waals surface area contributed by atoms with E-state index in [9.17, 15) is 5.11 Å². The van der Waals surface area contributed by atoms with Gasteiger partial charge in [0.25, 0.3) is 0 Å². The van der Waals surface area contributed by atoms with Gasteiger partial charge in [-0.3, -0.25) is 0 Å². The standard InChI is InChI=1S/C17H18O/c1-12-2-4-15(5-3-12)17(18)16-10-8-14(9-11-16)13-6-7-13/h2-5,8-11,13,17-18H,6-7H2,1H3. The molecule has 0 heterocycles. The smallest absolute Gasteiger partial charge is 0.104 e. The van der Waals surface area contributed by atoms with Crippen LogP contribution in [0.1, 0.15) is 47.1 Å². The zero-order chi connectivity index (χ0) is 12.5. The molecular formula is C17H18O. The van der Waals surface area contributed by atoms with Gasteiger partial charge in [-0.1, -0.05) is 54.1 Å². The maximum atomic E-state index is 10.3. The van der Waals surface area contributed by atoms with Gasteiger partial charge >= 0.3 is 0 Å². The normalized spacial score (nSPS) is 16.6. The number of hydrogen-bond donors (Lipinski definition) is 1. The predicted octanol–water partition coefficient (Wildman–Crippen LogP) is 3.95. The van der Waals surface area contributed by atoms with Gasteiger partial charge < -0.3 is 5.11 Å². The third-order valence-corrected chi connectivity index (χ3v) is 3.69. The van der Waals surface area contributed by atoms with Gasteiger partial charge in [0.2, 0.25) is 0 Å². The van der Waals surface area contributed by atoms with Crippen molar-refractivity contribution in [2.45, 2.75) is 31.8 Å². The van der Waals surface area contributed by atoms with Crippen molar-refractivity contribution in [1.29, 1.82) is 0 Å². The van der Waals surface area contributed by atoms with E-state index >= 15 is 0 Å². The molecular weight excluding hydrogens is 220 g/mol. The lowest BCUT2D eigenvalue weighted by Gasteiger charge is -2.12. The Labute approximate surface area is 108 Å². The second-order valence-electron chi connectivity index (χ2n) is 5.25. The summed E-state index contributed by atoms with van der Waals surface area (Å²) >= 11 is 0. The zero-order valence-electron chi connectivity index (χ0n) is 10.6. The monoisotopic (exact) mass is 238 g/mol. The minimum atomic E-state index is -0.515. The van der Waals surface area contributed by atoms with Crippen molar-refractivity contribution < 1.29 is 5.11 Å². The van der Waals surface area contributed by atoms with Crippen molar-refractivity contribution >= 4 is 0 Å². The molecule has 0 spiro atoms. The summed E-state index contributed by atoms with van der Waals surface area (Å²) in [5.41, 5.74) is 4.56. The first-order valence-corrected chi connectivity index (χ1v) is 6.58. The third-order valence-electron chi connectivity index (χ3n) is 3.69. The Morgan fingerprint density at radius 3 is 1.89 bits per heavy atom. The second kappa shape index (κ2) is 4.58. The van der Waals surface area contributed by atoms with E-state index < -0.39 is 6.10 Å². The van der Waals surface area contributed by atoms with Crippen LogP contribution in [0.4, 0.5) is 0 Å². The van der Waals surface area contributed by atoms with Crippen molar-refractivity contribution in [3.8, 4) is 0 Å². The minimum absolute atomic E-state index is 0.515. The molecule has 1 heteroatoms. The van der Waals surface area contributed by atoms with E-state index in [1.165, 1.54) is 24.0 Å². The Balaban J connectivity index is 1.82. The Morgan fingerprint density at radius 2 is 1.39 bits per heavy atom. The maximum absolute atomic E-state index is 10.3. The van der Waals surface area contributed by atoms with Crippen molar-refractivity contribution in [3.05, 3.63) is 70.8 Å².